The molecular weight excluding hydrogens is 257 g/mol. The Morgan fingerprint density at radius 2 is 2.25 bits per heavy atom. The Morgan fingerprint density at radius 1 is 1.50 bits per heavy atom. The van der Waals surface area contributed by atoms with Gasteiger partial charge >= 0.3 is 0 Å². The molecule has 3 N–H and O–H groups in total. The molecule has 2 rings (SSSR count). The SMILES string of the molecule is CC1CCCCN1C(C)C(=O)Nc1cc(N)ccc1F. The molecular formula is C15H22FN3O. The molecule has 0 spiro atoms. The Kier molecular flexibility index (Phi) is 4.60. The molecule has 5 heteroatoms. The van der Waals surface area contributed by atoms with Crippen molar-refractivity contribution in [2.75, 3.05) is 17.6 Å². The molecule has 1 fully saturated rings. The van der Waals surface area contributed by atoms with Gasteiger partial charge in [0.05, 0.1) is 11.7 Å². The molecule has 20 heavy (non-hydrogen) atoms. The van der Waals surface area contributed by atoms with Crippen molar-refractivity contribution in [2.45, 2.75) is 45.2 Å². The molecule has 110 valence electrons. The fraction of sp³-hybridized carbons (Fsp3) is 0.533. The average Bonchev–Trinajstić information content (AvgIpc) is 2.42. The highest BCUT2D eigenvalue weighted by atomic mass is 19.1. The van der Waals surface area contributed by atoms with Crippen molar-refractivity contribution in [3.63, 3.8) is 0 Å². The number of nitrogens with zero attached hydrogens (tertiary/aromatic N) is 1. The minimum atomic E-state index is -0.466. The lowest BCUT2D eigenvalue weighted by Crippen LogP contribution is -2.49. The molecule has 0 saturated carbocycles. The first-order valence-electron chi connectivity index (χ1n) is 7.10. The fourth-order valence-corrected chi connectivity index (χ4v) is 2.72. The van der Waals surface area contributed by atoms with Crippen LogP contribution in [0.1, 0.15) is 33.1 Å². The van der Waals surface area contributed by atoms with Crippen LogP contribution in [0, 0.1) is 5.82 Å². The summed E-state index contributed by atoms with van der Waals surface area (Å²) in [6.07, 6.45) is 3.41. The molecule has 4 nitrogen and oxygen atoms in total. The van der Waals surface area contributed by atoms with Gasteiger partial charge in [0.2, 0.25) is 5.91 Å². The first kappa shape index (κ1) is 14.8. The number of rotatable bonds is 3. The molecule has 0 radical (unpaired) electrons. The lowest BCUT2D eigenvalue weighted by molar-refractivity contribution is -0.122. The molecule has 1 heterocycles. The second-order valence-corrected chi connectivity index (χ2v) is 5.49. The van der Waals surface area contributed by atoms with Crippen LogP contribution in [0.25, 0.3) is 0 Å². The normalized spacial score (nSPS) is 21.4. The minimum Gasteiger partial charge on any atom is -0.399 e. The van der Waals surface area contributed by atoms with E-state index in [-0.39, 0.29) is 17.6 Å². The smallest absolute Gasteiger partial charge is 0.241 e. The molecule has 1 aliphatic heterocycles. The predicted octanol–water partition coefficient (Wildman–Crippen LogP) is 2.61. The quantitative estimate of drug-likeness (QED) is 0.836. The number of piperidine rings is 1. The van der Waals surface area contributed by atoms with Gasteiger partial charge in [0, 0.05) is 11.7 Å². The van der Waals surface area contributed by atoms with Crippen LogP contribution in [-0.4, -0.2) is 29.4 Å². The monoisotopic (exact) mass is 279 g/mol. The van der Waals surface area contributed by atoms with Crippen molar-refractivity contribution in [1.29, 1.82) is 0 Å². The molecule has 1 aromatic rings. The first-order valence-corrected chi connectivity index (χ1v) is 7.10. The van der Waals surface area contributed by atoms with E-state index in [0.29, 0.717) is 11.7 Å². The van der Waals surface area contributed by atoms with Gasteiger partial charge in [-0.2, -0.15) is 0 Å². The van der Waals surface area contributed by atoms with Crippen LogP contribution in [0.2, 0.25) is 0 Å². The van der Waals surface area contributed by atoms with E-state index in [1.807, 2.05) is 6.92 Å². The van der Waals surface area contributed by atoms with Crippen molar-refractivity contribution in [2.24, 2.45) is 0 Å². The Morgan fingerprint density at radius 3 is 2.95 bits per heavy atom. The third kappa shape index (κ3) is 3.28. The summed E-state index contributed by atoms with van der Waals surface area (Å²) in [7, 11) is 0. The van der Waals surface area contributed by atoms with E-state index in [9.17, 15) is 9.18 Å². The van der Waals surface area contributed by atoms with Gasteiger partial charge in [0.1, 0.15) is 5.82 Å². The third-order valence-electron chi connectivity index (χ3n) is 3.98. The van der Waals surface area contributed by atoms with Gasteiger partial charge in [-0.1, -0.05) is 6.42 Å². The lowest BCUT2D eigenvalue weighted by Gasteiger charge is -2.37. The number of nitrogen functional groups attached to an aromatic ring is 1. The predicted molar refractivity (Wildman–Crippen MR) is 78.9 cm³/mol. The van der Waals surface area contributed by atoms with Gasteiger partial charge in [-0.25, -0.2) is 4.39 Å². The number of nitrogens with two attached hydrogens (primary N) is 1. The van der Waals surface area contributed by atoms with E-state index in [4.69, 9.17) is 5.73 Å². The van der Waals surface area contributed by atoms with Gasteiger partial charge in [0.15, 0.2) is 0 Å². The van der Waals surface area contributed by atoms with E-state index in [1.165, 1.54) is 24.6 Å². The van der Waals surface area contributed by atoms with Crippen molar-refractivity contribution in [3.8, 4) is 0 Å². The van der Waals surface area contributed by atoms with Gasteiger partial charge in [0.25, 0.3) is 0 Å². The number of hydrogen-bond donors (Lipinski definition) is 2. The number of anilines is 2. The van der Waals surface area contributed by atoms with Crippen LogP contribution in [0.15, 0.2) is 18.2 Å². The van der Waals surface area contributed by atoms with Crippen molar-refractivity contribution < 1.29 is 9.18 Å². The van der Waals surface area contributed by atoms with E-state index < -0.39 is 5.82 Å². The van der Waals surface area contributed by atoms with E-state index in [1.54, 1.807) is 0 Å². The first-order chi connectivity index (χ1) is 9.49. The highest BCUT2D eigenvalue weighted by Gasteiger charge is 2.27. The second kappa shape index (κ2) is 6.22. The Labute approximate surface area is 119 Å². The summed E-state index contributed by atoms with van der Waals surface area (Å²) in [6.45, 7) is 4.90. The molecule has 0 bridgehead atoms. The maximum atomic E-state index is 13.6. The summed E-state index contributed by atoms with van der Waals surface area (Å²) in [4.78, 5) is 14.4. The summed E-state index contributed by atoms with van der Waals surface area (Å²) >= 11 is 0. The molecule has 2 unspecified atom stereocenters. The van der Waals surface area contributed by atoms with Gasteiger partial charge in [-0.15, -0.1) is 0 Å². The summed E-state index contributed by atoms with van der Waals surface area (Å²) in [5, 5.41) is 2.63. The maximum Gasteiger partial charge on any atom is 0.241 e. The molecule has 1 aromatic carbocycles. The van der Waals surface area contributed by atoms with Gasteiger partial charge in [-0.05, 0) is 51.4 Å². The fourth-order valence-electron chi connectivity index (χ4n) is 2.72. The topological polar surface area (TPSA) is 58.4 Å². The molecule has 0 aromatic heterocycles. The summed E-state index contributed by atoms with van der Waals surface area (Å²) in [5.41, 5.74) is 6.19. The second-order valence-electron chi connectivity index (χ2n) is 5.49. The lowest BCUT2D eigenvalue weighted by atomic mass is 10.0. The zero-order chi connectivity index (χ0) is 14.7. The number of likely N-dealkylation sites (tertiary alicyclic amines) is 1. The minimum absolute atomic E-state index is 0.145. The summed E-state index contributed by atoms with van der Waals surface area (Å²) in [5.74, 6) is -0.658. The van der Waals surface area contributed by atoms with Gasteiger partial charge in [-0.3, -0.25) is 9.69 Å². The number of amides is 1. The van der Waals surface area contributed by atoms with E-state index in [2.05, 4.69) is 17.1 Å². The largest absolute Gasteiger partial charge is 0.399 e. The molecule has 2 atom stereocenters. The number of nitrogens with one attached hydrogen (secondary N) is 1. The molecule has 0 aliphatic carbocycles. The van der Waals surface area contributed by atoms with Crippen molar-refractivity contribution >= 4 is 17.3 Å². The van der Waals surface area contributed by atoms with E-state index >= 15 is 0 Å². The number of carbonyl (C=O) groups is 1. The van der Waals surface area contributed by atoms with Crippen LogP contribution in [0.4, 0.5) is 15.8 Å². The van der Waals surface area contributed by atoms with Crippen LogP contribution < -0.4 is 11.1 Å². The van der Waals surface area contributed by atoms with Crippen LogP contribution in [0.3, 0.4) is 0 Å². The van der Waals surface area contributed by atoms with Crippen molar-refractivity contribution in [3.05, 3.63) is 24.0 Å². The summed E-state index contributed by atoms with van der Waals surface area (Å²) < 4.78 is 13.6. The zero-order valence-corrected chi connectivity index (χ0v) is 12.0. The summed E-state index contributed by atoms with van der Waals surface area (Å²) in [6, 6.07) is 4.29. The van der Waals surface area contributed by atoms with Crippen LogP contribution in [-0.2, 0) is 4.79 Å². The number of carbonyl (C=O) groups excluding carboxylic acids is 1. The highest BCUT2D eigenvalue weighted by Crippen LogP contribution is 2.21. The average molecular weight is 279 g/mol. The van der Waals surface area contributed by atoms with Crippen LogP contribution in [0.5, 0.6) is 0 Å². The van der Waals surface area contributed by atoms with Crippen molar-refractivity contribution in [1.82, 2.24) is 4.90 Å². The molecule has 1 amide bonds. The highest BCUT2D eigenvalue weighted by molar-refractivity contribution is 5.95. The number of hydrogen-bond acceptors (Lipinski definition) is 3. The molecule has 1 aliphatic rings. The Hall–Kier alpha value is -1.62. The third-order valence-corrected chi connectivity index (χ3v) is 3.98. The molecule has 1 saturated heterocycles. The van der Waals surface area contributed by atoms with E-state index in [0.717, 1.165) is 19.4 Å². The Bertz CT molecular complexity index is 492. The standard InChI is InChI=1S/C15H22FN3O/c1-10-5-3-4-8-19(10)11(2)15(20)18-14-9-12(17)6-7-13(14)16/h6-7,9-11H,3-5,8,17H2,1-2H3,(H,18,20). The number of halogens is 1. The Balaban J connectivity index is 2.05. The maximum absolute atomic E-state index is 13.6. The van der Waals surface area contributed by atoms with Crippen LogP contribution >= 0.6 is 0 Å². The number of benzene rings is 1. The zero-order valence-electron chi connectivity index (χ0n) is 12.0. The van der Waals surface area contributed by atoms with Gasteiger partial charge < -0.3 is 11.1 Å².